The second-order valence-electron chi connectivity index (χ2n) is 3.92. The Morgan fingerprint density at radius 1 is 1.40 bits per heavy atom. The van der Waals surface area contributed by atoms with Crippen molar-refractivity contribution < 1.29 is 4.74 Å². The van der Waals surface area contributed by atoms with E-state index in [2.05, 4.69) is 9.88 Å². The van der Waals surface area contributed by atoms with Crippen molar-refractivity contribution in [3.05, 3.63) is 33.7 Å². The lowest BCUT2D eigenvalue weighted by atomic mass is 10.2. The Morgan fingerprint density at radius 3 is 2.80 bits per heavy atom. The highest BCUT2D eigenvalue weighted by molar-refractivity contribution is 5.15. The molecule has 0 atom stereocenters. The van der Waals surface area contributed by atoms with Crippen LogP contribution in [0.25, 0.3) is 0 Å². The molecule has 1 saturated heterocycles. The number of rotatable bonds is 2. The van der Waals surface area contributed by atoms with E-state index >= 15 is 0 Å². The van der Waals surface area contributed by atoms with Gasteiger partial charge in [-0.3, -0.25) is 9.69 Å². The van der Waals surface area contributed by atoms with Crippen molar-refractivity contribution in [1.82, 2.24) is 9.88 Å². The third-order valence-electron chi connectivity index (χ3n) is 2.55. The second-order valence-corrected chi connectivity index (χ2v) is 3.92. The van der Waals surface area contributed by atoms with E-state index in [0.717, 1.165) is 44.1 Å². The molecular formula is C11H16N2O2. The van der Waals surface area contributed by atoms with Gasteiger partial charge in [-0.15, -0.1) is 0 Å². The average Bonchev–Trinajstić information content (AvgIpc) is 2.17. The zero-order valence-corrected chi connectivity index (χ0v) is 8.95. The van der Waals surface area contributed by atoms with Crippen LogP contribution >= 0.6 is 0 Å². The fraction of sp³-hybridized carbons (Fsp3) is 0.545. The Morgan fingerprint density at radius 2 is 2.13 bits per heavy atom. The summed E-state index contributed by atoms with van der Waals surface area (Å²) < 4.78 is 5.28. The molecule has 2 rings (SSSR count). The molecule has 0 bridgehead atoms. The zero-order valence-electron chi connectivity index (χ0n) is 8.95. The van der Waals surface area contributed by atoms with Crippen molar-refractivity contribution >= 4 is 0 Å². The largest absolute Gasteiger partial charge is 0.379 e. The molecule has 1 N–H and O–H groups in total. The Bertz CT molecular complexity index is 380. The number of pyridine rings is 1. The van der Waals surface area contributed by atoms with E-state index in [1.165, 1.54) is 0 Å². The lowest BCUT2D eigenvalue weighted by Gasteiger charge is -2.26. The standard InChI is InChI=1S/C11H16N2O2/c1-9-6-10(7-11(14)12-9)8-13-2-4-15-5-3-13/h6-7H,2-5,8H2,1H3,(H,12,14). The molecule has 2 heterocycles. The van der Waals surface area contributed by atoms with E-state index in [1.807, 2.05) is 13.0 Å². The van der Waals surface area contributed by atoms with Gasteiger partial charge in [-0.2, -0.15) is 0 Å². The Kier molecular flexibility index (Phi) is 3.18. The Labute approximate surface area is 88.9 Å². The molecule has 15 heavy (non-hydrogen) atoms. The van der Waals surface area contributed by atoms with Crippen LogP contribution < -0.4 is 5.56 Å². The van der Waals surface area contributed by atoms with E-state index < -0.39 is 0 Å². The summed E-state index contributed by atoms with van der Waals surface area (Å²) in [5.74, 6) is 0. The minimum Gasteiger partial charge on any atom is -0.379 e. The van der Waals surface area contributed by atoms with Gasteiger partial charge in [0, 0.05) is 31.4 Å². The molecule has 0 aromatic carbocycles. The maximum atomic E-state index is 11.3. The van der Waals surface area contributed by atoms with E-state index in [0.29, 0.717) is 0 Å². The van der Waals surface area contributed by atoms with Gasteiger partial charge in [0.15, 0.2) is 0 Å². The number of nitrogens with zero attached hydrogens (tertiary/aromatic N) is 1. The number of hydrogen-bond acceptors (Lipinski definition) is 3. The Balaban J connectivity index is 2.06. The van der Waals surface area contributed by atoms with Gasteiger partial charge in [0.2, 0.25) is 5.56 Å². The van der Waals surface area contributed by atoms with Gasteiger partial charge in [0.1, 0.15) is 0 Å². The maximum Gasteiger partial charge on any atom is 0.248 e. The highest BCUT2D eigenvalue weighted by Gasteiger charge is 2.10. The number of aromatic nitrogens is 1. The van der Waals surface area contributed by atoms with Crippen LogP contribution in [0.2, 0.25) is 0 Å². The number of nitrogens with one attached hydrogen (secondary N) is 1. The van der Waals surface area contributed by atoms with Crippen LogP contribution in [0.3, 0.4) is 0 Å². The van der Waals surface area contributed by atoms with Gasteiger partial charge in [-0.05, 0) is 18.6 Å². The third kappa shape index (κ3) is 2.91. The fourth-order valence-electron chi connectivity index (χ4n) is 1.86. The molecule has 1 aliphatic heterocycles. The van der Waals surface area contributed by atoms with Crippen molar-refractivity contribution in [2.45, 2.75) is 13.5 Å². The van der Waals surface area contributed by atoms with Crippen molar-refractivity contribution in [1.29, 1.82) is 0 Å². The Hall–Kier alpha value is -1.13. The number of morpholine rings is 1. The zero-order chi connectivity index (χ0) is 10.7. The number of ether oxygens (including phenoxy) is 1. The average molecular weight is 208 g/mol. The number of hydrogen-bond donors (Lipinski definition) is 1. The molecule has 1 aliphatic rings. The molecule has 4 heteroatoms. The first kappa shape index (κ1) is 10.4. The molecule has 82 valence electrons. The van der Waals surface area contributed by atoms with E-state index in [4.69, 9.17) is 4.74 Å². The molecule has 0 radical (unpaired) electrons. The van der Waals surface area contributed by atoms with Gasteiger partial charge >= 0.3 is 0 Å². The van der Waals surface area contributed by atoms with Crippen LogP contribution in [0.1, 0.15) is 11.3 Å². The number of aryl methyl sites for hydroxylation is 1. The van der Waals surface area contributed by atoms with Crippen molar-refractivity contribution in [3.63, 3.8) is 0 Å². The monoisotopic (exact) mass is 208 g/mol. The van der Waals surface area contributed by atoms with Gasteiger partial charge < -0.3 is 9.72 Å². The SMILES string of the molecule is Cc1cc(CN2CCOCC2)cc(=O)[nH]1. The topological polar surface area (TPSA) is 45.3 Å². The van der Waals surface area contributed by atoms with Gasteiger partial charge in [-0.25, -0.2) is 0 Å². The van der Waals surface area contributed by atoms with Crippen molar-refractivity contribution in [2.75, 3.05) is 26.3 Å². The minimum absolute atomic E-state index is 0.0155. The summed E-state index contributed by atoms with van der Waals surface area (Å²) in [6, 6.07) is 3.69. The lowest BCUT2D eigenvalue weighted by Crippen LogP contribution is -2.35. The summed E-state index contributed by atoms with van der Waals surface area (Å²) in [7, 11) is 0. The molecular weight excluding hydrogens is 192 g/mol. The number of H-pyrrole nitrogens is 1. The fourth-order valence-corrected chi connectivity index (χ4v) is 1.86. The first-order valence-electron chi connectivity index (χ1n) is 5.24. The first-order valence-corrected chi connectivity index (χ1v) is 5.24. The van der Waals surface area contributed by atoms with Gasteiger partial charge in [0.25, 0.3) is 0 Å². The van der Waals surface area contributed by atoms with Crippen LogP contribution in [0, 0.1) is 6.92 Å². The molecule has 0 amide bonds. The maximum absolute atomic E-state index is 11.3. The van der Waals surface area contributed by atoms with Crippen molar-refractivity contribution in [3.8, 4) is 0 Å². The predicted octanol–water partition coefficient (Wildman–Crippen LogP) is 0.516. The molecule has 0 unspecified atom stereocenters. The summed E-state index contributed by atoms with van der Waals surface area (Å²) in [4.78, 5) is 16.3. The molecule has 0 saturated carbocycles. The molecule has 4 nitrogen and oxygen atoms in total. The second kappa shape index (κ2) is 4.59. The summed E-state index contributed by atoms with van der Waals surface area (Å²) in [5.41, 5.74) is 1.99. The predicted molar refractivity (Wildman–Crippen MR) is 57.9 cm³/mol. The van der Waals surface area contributed by atoms with E-state index in [1.54, 1.807) is 6.07 Å². The summed E-state index contributed by atoms with van der Waals surface area (Å²) in [6.45, 7) is 6.24. The summed E-state index contributed by atoms with van der Waals surface area (Å²) >= 11 is 0. The minimum atomic E-state index is -0.0155. The summed E-state index contributed by atoms with van der Waals surface area (Å²) in [5, 5.41) is 0. The molecule has 1 aromatic rings. The highest BCUT2D eigenvalue weighted by atomic mass is 16.5. The molecule has 0 spiro atoms. The smallest absolute Gasteiger partial charge is 0.248 e. The van der Waals surface area contributed by atoms with Gasteiger partial charge in [-0.1, -0.05) is 0 Å². The highest BCUT2D eigenvalue weighted by Crippen LogP contribution is 2.05. The van der Waals surface area contributed by atoms with Crippen LogP contribution in [0.4, 0.5) is 0 Å². The van der Waals surface area contributed by atoms with E-state index in [-0.39, 0.29) is 5.56 Å². The molecule has 1 fully saturated rings. The third-order valence-corrected chi connectivity index (χ3v) is 2.55. The van der Waals surface area contributed by atoms with E-state index in [9.17, 15) is 4.79 Å². The van der Waals surface area contributed by atoms with Crippen LogP contribution in [0.15, 0.2) is 16.9 Å². The molecule has 0 aliphatic carbocycles. The first-order chi connectivity index (χ1) is 7.24. The lowest BCUT2D eigenvalue weighted by molar-refractivity contribution is 0.0341. The molecule has 1 aromatic heterocycles. The number of aromatic amines is 1. The van der Waals surface area contributed by atoms with Crippen molar-refractivity contribution in [2.24, 2.45) is 0 Å². The summed E-state index contributed by atoms with van der Waals surface area (Å²) in [6.07, 6.45) is 0. The van der Waals surface area contributed by atoms with Crippen LogP contribution in [-0.2, 0) is 11.3 Å². The van der Waals surface area contributed by atoms with Gasteiger partial charge in [0.05, 0.1) is 13.2 Å². The van der Waals surface area contributed by atoms with Crippen LogP contribution in [0.5, 0.6) is 0 Å². The normalized spacial score (nSPS) is 17.9. The van der Waals surface area contributed by atoms with Crippen LogP contribution in [-0.4, -0.2) is 36.2 Å². The quantitative estimate of drug-likeness (QED) is 0.770.